The van der Waals surface area contributed by atoms with E-state index < -0.39 is 35.4 Å². The quantitative estimate of drug-likeness (QED) is 0.274. The minimum absolute atomic E-state index is 0.0148. The monoisotopic (exact) mass is 426 g/mol. The number of phenols is 6. The van der Waals surface area contributed by atoms with Gasteiger partial charge in [-0.2, -0.15) is 0 Å². The van der Waals surface area contributed by atoms with E-state index in [0.29, 0.717) is 0 Å². The van der Waals surface area contributed by atoms with Crippen molar-refractivity contribution in [2.45, 2.75) is 18.6 Å². The van der Waals surface area contributed by atoms with E-state index in [-0.39, 0.29) is 46.1 Å². The lowest BCUT2D eigenvalue weighted by molar-refractivity contribution is -0.0189. The lowest BCUT2D eigenvalue weighted by atomic mass is 9.93. The lowest BCUT2D eigenvalue weighted by Crippen LogP contribution is -2.34. The van der Waals surface area contributed by atoms with Gasteiger partial charge in [0, 0.05) is 29.7 Å². The smallest absolute Gasteiger partial charge is 0.338 e. The molecule has 9 heteroatoms. The molecular formula is C22H18O9. The zero-order chi connectivity index (χ0) is 22.3. The molecule has 0 bridgehead atoms. The molecule has 0 spiro atoms. The standard InChI is InChI=1S/C22H18O9/c23-12-3-1-2-10(4-12)22(29)31-19-9-14-15(25)7-13(24)8-18(14)30-21(19)11-5-16(26)20(28)17(27)6-11/h1-8,19,21,23-28H,9H2/t19-,21+/m0/s1. The van der Waals surface area contributed by atoms with Crippen LogP contribution in [0.4, 0.5) is 0 Å². The van der Waals surface area contributed by atoms with Crippen LogP contribution < -0.4 is 4.74 Å². The molecule has 1 aliphatic heterocycles. The third-order valence-electron chi connectivity index (χ3n) is 4.93. The number of carbonyl (C=O) groups is 1. The van der Waals surface area contributed by atoms with Crippen LogP contribution in [0, 0.1) is 0 Å². The zero-order valence-corrected chi connectivity index (χ0v) is 15.9. The first kappa shape index (κ1) is 20.0. The summed E-state index contributed by atoms with van der Waals surface area (Å²) in [5.41, 5.74) is 0.542. The Balaban J connectivity index is 1.74. The zero-order valence-electron chi connectivity index (χ0n) is 15.9. The van der Waals surface area contributed by atoms with E-state index >= 15 is 0 Å². The van der Waals surface area contributed by atoms with Gasteiger partial charge in [-0.15, -0.1) is 0 Å². The molecule has 0 saturated carbocycles. The number of phenolic OH excluding ortho intramolecular Hbond substituents is 6. The van der Waals surface area contributed by atoms with Crippen LogP contribution in [0.2, 0.25) is 0 Å². The molecular weight excluding hydrogens is 408 g/mol. The number of hydrogen-bond donors (Lipinski definition) is 6. The van der Waals surface area contributed by atoms with Gasteiger partial charge in [0.1, 0.15) is 29.1 Å². The lowest BCUT2D eigenvalue weighted by Gasteiger charge is -2.34. The summed E-state index contributed by atoms with van der Waals surface area (Å²) in [5, 5.41) is 59.0. The van der Waals surface area contributed by atoms with Crippen molar-refractivity contribution >= 4 is 5.97 Å². The van der Waals surface area contributed by atoms with E-state index in [1.165, 1.54) is 30.3 Å². The molecule has 0 amide bonds. The van der Waals surface area contributed by atoms with Crippen LogP contribution in [0.15, 0.2) is 48.5 Å². The van der Waals surface area contributed by atoms with E-state index in [2.05, 4.69) is 0 Å². The number of rotatable bonds is 3. The van der Waals surface area contributed by atoms with Gasteiger partial charge in [-0.25, -0.2) is 4.79 Å². The summed E-state index contributed by atoms with van der Waals surface area (Å²) in [6.45, 7) is 0. The Kier molecular flexibility index (Phi) is 4.86. The average molecular weight is 426 g/mol. The maximum atomic E-state index is 12.7. The molecule has 160 valence electrons. The molecule has 4 rings (SSSR count). The number of ether oxygens (including phenoxy) is 2. The van der Waals surface area contributed by atoms with Crippen LogP contribution in [-0.2, 0) is 11.2 Å². The van der Waals surface area contributed by atoms with Crippen LogP contribution >= 0.6 is 0 Å². The van der Waals surface area contributed by atoms with Crippen LogP contribution in [-0.4, -0.2) is 42.7 Å². The summed E-state index contributed by atoms with van der Waals surface area (Å²) in [5.74, 6) is -3.23. The molecule has 3 aromatic rings. The predicted molar refractivity (Wildman–Crippen MR) is 106 cm³/mol. The molecule has 1 heterocycles. The molecule has 3 aromatic carbocycles. The minimum Gasteiger partial charge on any atom is -0.508 e. The normalized spacial score (nSPS) is 17.4. The first-order valence-corrected chi connectivity index (χ1v) is 9.19. The van der Waals surface area contributed by atoms with Gasteiger partial charge >= 0.3 is 5.97 Å². The van der Waals surface area contributed by atoms with Crippen molar-refractivity contribution in [2.75, 3.05) is 0 Å². The highest BCUT2D eigenvalue weighted by atomic mass is 16.6. The van der Waals surface area contributed by atoms with Crippen molar-refractivity contribution < 1.29 is 44.9 Å². The van der Waals surface area contributed by atoms with Crippen molar-refractivity contribution in [1.82, 2.24) is 0 Å². The van der Waals surface area contributed by atoms with Gasteiger partial charge in [0.25, 0.3) is 0 Å². The van der Waals surface area contributed by atoms with Crippen molar-refractivity contribution in [3.63, 3.8) is 0 Å². The van der Waals surface area contributed by atoms with Gasteiger partial charge in [-0.05, 0) is 30.3 Å². The fraction of sp³-hybridized carbons (Fsp3) is 0.136. The topological polar surface area (TPSA) is 157 Å². The third-order valence-corrected chi connectivity index (χ3v) is 4.93. The van der Waals surface area contributed by atoms with Crippen molar-refractivity contribution in [3.05, 3.63) is 65.2 Å². The molecule has 6 N–H and O–H groups in total. The summed E-state index contributed by atoms with van der Waals surface area (Å²) in [6, 6.07) is 10.2. The molecule has 0 radical (unpaired) electrons. The Bertz CT molecular complexity index is 1150. The Morgan fingerprint density at radius 1 is 0.871 bits per heavy atom. The molecule has 31 heavy (non-hydrogen) atoms. The van der Waals surface area contributed by atoms with Crippen molar-refractivity contribution in [2.24, 2.45) is 0 Å². The first-order valence-electron chi connectivity index (χ1n) is 9.19. The van der Waals surface area contributed by atoms with E-state index in [0.717, 1.165) is 18.2 Å². The molecule has 0 fully saturated rings. The summed E-state index contributed by atoms with van der Waals surface area (Å²) in [4.78, 5) is 12.7. The highest BCUT2D eigenvalue weighted by Crippen LogP contribution is 2.45. The van der Waals surface area contributed by atoms with E-state index in [1.807, 2.05) is 0 Å². The van der Waals surface area contributed by atoms with Crippen molar-refractivity contribution in [1.29, 1.82) is 0 Å². The summed E-state index contributed by atoms with van der Waals surface area (Å²) < 4.78 is 11.4. The SMILES string of the molecule is O=C(O[C@H]1Cc2c(O)cc(O)cc2O[C@@H]1c1cc(O)c(O)c(O)c1)c1cccc(O)c1. The Labute approximate surface area is 175 Å². The first-order chi connectivity index (χ1) is 14.7. The summed E-state index contributed by atoms with van der Waals surface area (Å²) in [6.07, 6.45) is -2.10. The molecule has 1 aliphatic rings. The van der Waals surface area contributed by atoms with Crippen LogP contribution in [0.1, 0.15) is 27.6 Å². The van der Waals surface area contributed by atoms with E-state index in [4.69, 9.17) is 9.47 Å². The highest BCUT2D eigenvalue weighted by Gasteiger charge is 2.37. The van der Waals surface area contributed by atoms with E-state index in [9.17, 15) is 35.4 Å². The number of hydrogen-bond acceptors (Lipinski definition) is 9. The molecule has 0 aromatic heterocycles. The van der Waals surface area contributed by atoms with Crippen LogP contribution in [0.25, 0.3) is 0 Å². The molecule has 9 nitrogen and oxygen atoms in total. The fourth-order valence-electron chi connectivity index (χ4n) is 3.46. The number of esters is 1. The highest BCUT2D eigenvalue weighted by molar-refractivity contribution is 5.90. The number of benzene rings is 3. The molecule has 2 atom stereocenters. The second-order valence-electron chi connectivity index (χ2n) is 7.09. The molecule has 0 unspecified atom stereocenters. The van der Waals surface area contributed by atoms with E-state index in [1.54, 1.807) is 0 Å². The maximum Gasteiger partial charge on any atom is 0.338 e. The van der Waals surface area contributed by atoms with Gasteiger partial charge in [0.15, 0.2) is 23.4 Å². The second-order valence-corrected chi connectivity index (χ2v) is 7.09. The Hall–Kier alpha value is -4.27. The third kappa shape index (κ3) is 3.80. The largest absolute Gasteiger partial charge is 0.508 e. The second kappa shape index (κ2) is 7.52. The molecule has 0 aliphatic carbocycles. The number of aromatic hydroxyl groups is 6. The maximum absolute atomic E-state index is 12.7. The summed E-state index contributed by atoms with van der Waals surface area (Å²) >= 11 is 0. The number of carbonyl (C=O) groups excluding carboxylic acids is 1. The van der Waals surface area contributed by atoms with Gasteiger partial charge in [0.05, 0.1) is 5.56 Å². The number of fused-ring (bicyclic) bond motifs is 1. The van der Waals surface area contributed by atoms with Gasteiger partial charge in [-0.3, -0.25) is 0 Å². The molecule has 0 saturated heterocycles. The minimum atomic E-state index is -1.06. The van der Waals surface area contributed by atoms with Crippen molar-refractivity contribution in [3.8, 4) is 40.2 Å². The average Bonchev–Trinajstić information content (AvgIpc) is 2.71. The van der Waals surface area contributed by atoms with Crippen LogP contribution in [0.5, 0.6) is 40.2 Å². The van der Waals surface area contributed by atoms with Gasteiger partial charge < -0.3 is 40.1 Å². The Morgan fingerprint density at radius 3 is 2.26 bits per heavy atom. The Morgan fingerprint density at radius 2 is 1.58 bits per heavy atom. The van der Waals surface area contributed by atoms with Gasteiger partial charge in [-0.1, -0.05) is 6.07 Å². The van der Waals surface area contributed by atoms with Gasteiger partial charge in [0.2, 0.25) is 0 Å². The predicted octanol–water partition coefficient (Wildman–Crippen LogP) is 2.82. The fourth-order valence-corrected chi connectivity index (χ4v) is 3.46. The summed E-state index contributed by atoms with van der Waals surface area (Å²) in [7, 11) is 0. The van der Waals surface area contributed by atoms with Crippen LogP contribution in [0.3, 0.4) is 0 Å².